The molecule has 0 saturated heterocycles. The third kappa shape index (κ3) is 2.05. The van der Waals surface area contributed by atoms with Crippen LogP contribution in [-0.2, 0) is 19.1 Å². The summed E-state index contributed by atoms with van der Waals surface area (Å²) in [4.78, 5) is 23.9. The van der Waals surface area contributed by atoms with Gasteiger partial charge in [-0.1, -0.05) is 31.2 Å². The van der Waals surface area contributed by atoms with Crippen LogP contribution in [0.15, 0.2) is 29.8 Å². The highest BCUT2D eigenvalue weighted by Gasteiger charge is 2.41. The van der Waals surface area contributed by atoms with Crippen LogP contribution >= 0.6 is 0 Å². The lowest BCUT2D eigenvalue weighted by molar-refractivity contribution is -0.143. The predicted molar refractivity (Wildman–Crippen MR) is 71.9 cm³/mol. The highest BCUT2D eigenvalue weighted by molar-refractivity contribution is 6.00. The van der Waals surface area contributed by atoms with Crippen LogP contribution in [0.5, 0.6) is 0 Å². The van der Waals surface area contributed by atoms with Crippen LogP contribution in [0.3, 0.4) is 0 Å². The van der Waals surface area contributed by atoms with Gasteiger partial charge in [-0.25, -0.2) is 4.79 Å². The van der Waals surface area contributed by atoms with Crippen LogP contribution in [0.2, 0.25) is 0 Å². The zero-order valence-corrected chi connectivity index (χ0v) is 11.5. The van der Waals surface area contributed by atoms with Crippen molar-refractivity contribution in [3.63, 3.8) is 0 Å². The molecule has 0 spiro atoms. The minimum Gasteiger partial charge on any atom is -0.507 e. The number of hydrogen-bond donors (Lipinski definition) is 1. The molecule has 5 nitrogen and oxygen atoms in total. The lowest BCUT2D eigenvalue weighted by Crippen LogP contribution is -2.30. The third-order valence-corrected chi connectivity index (χ3v) is 3.62. The Morgan fingerprint density at radius 2 is 1.80 bits per heavy atom. The maximum absolute atomic E-state index is 12.0. The summed E-state index contributed by atoms with van der Waals surface area (Å²) in [7, 11) is 2.54. The molecule has 5 heteroatoms. The molecule has 1 aliphatic rings. The lowest BCUT2D eigenvalue weighted by atomic mass is 9.74. The minimum atomic E-state index is -0.640. The molecule has 0 aliphatic heterocycles. The van der Waals surface area contributed by atoms with E-state index in [9.17, 15) is 14.7 Å². The van der Waals surface area contributed by atoms with Gasteiger partial charge in [-0.15, -0.1) is 0 Å². The van der Waals surface area contributed by atoms with E-state index < -0.39 is 23.8 Å². The molecule has 20 heavy (non-hydrogen) atoms. The van der Waals surface area contributed by atoms with Crippen LogP contribution in [0, 0.1) is 5.92 Å². The lowest BCUT2D eigenvalue weighted by Gasteiger charge is -2.30. The minimum absolute atomic E-state index is 0.0987. The van der Waals surface area contributed by atoms with Gasteiger partial charge in [-0.2, -0.15) is 0 Å². The van der Waals surface area contributed by atoms with Crippen molar-refractivity contribution >= 4 is 17.7 Å². The number of esters is 2. The second-order valence-corrected chi connectivity index (χ2v) is 4.63. The van der Waals surface area contributed by atoms with Gasteiger partial charge in [0.15, 0.2) is 0 Å². The fourth-order valence-corrected chi connectivity index (χ4v) is 2.63. The number of carbonyl (C=O) groups is 2. The monoisotopic (exact) mass is 276 g/mol. The van der Waals surface area contributed by atoms with Gasteiger partial charge in [-0.05, 0) is 5.56 Å². The molecule has 1 N–H and O–H groups in total. The molecule has 0 heterocycles. The first-order valence-corrected chi connectivity index (χ1v) is 6.21. The molecule has 0 bridgehead atoms. The fraction of sp³-hybridized carbons (Fsp3) is 0.333. The van der Waals surface area contributed by atoms with Crippen molar-refractivity contribution < 1.29 is 24.2 Å². The number of aliphatic hydroxyl groups is 1. The number of ether oxygens (including phenoxy) is 2. The van der Waals surface area contributed by atoms with Crippen LogP contribution < -0.4 is 0 Å². The highest BCUT2D eigenvalue weighted by Crippen LogP contribution is 2.42. The van der Waals surface area contributed by atoms with Crippen LogP contribution in [0.4, 0.5) is 0 Å². The van der Waals surface area contributed by atoms with E-state index in [2.05, 4.69) is 0 Å². The first-order chi connectivity index (χ1) is 9.52. The van der Waals surface area contributed by atoms with E-state index in [1.807, 2.05) is 0 Å². The zero-order chi connectivity index (χ0) is 14.9. The SMILES string of the molecule is COC(=O)C1=C(O)c2ccccc2[C@@H](C(=O)OC)[C@H]1C. The van der Waals surface area contributed by atoms with E-state index in [4.69, 9.17) is 9.47 Å². The molecule has 1 aromatic rings. The molecule has 2 atom stereocenters. The van der Waals surface area contributed by atoms with Gasteiger partial charge in [0.25, 0.3) is 0 Å². The first-order valence-electron chi connectivity index (χ1n) is 6.21. The molecular formula is C15H16O5. The van der Waals surface area contributed by atoms with Crippen molar-refractivity contribution in [2.75, 3.05) is 14.2 Å². The van der Waals surface area contributed by atoms with Gasteiger partial charge in [0.05, 0.1) is 25.7 Å². The largest absolute Gasteiger partial charge is 0.507 e. The van der Waals surface area contributed by atoms with E-state index in [1.165, 1.54) is 14.2 Å². The molecular weight excluding hydrogens is 260 g/mol. The van der Waals surface area contributed by atoms with Crippen molar-refractivity contribution in [2.45, 2.75) is 12.8 Å². The summed E-state index contributed by atoms with van der Waals surface area (Å²) in [5.74, 6) is -2.39. The normalized spacial score (nSPS) is 21.1. The Bertz CT molecular complexity index is 588. The van der Waals surface area contributed by atoms with Crippen LogP contribution in [0.25, 0.3) is 5.76 Å². The molecule has 0 saturated carbocycles. The van der Waals surface area contributed by atoms with E-state index in [0.717, 1.165) is 0 Å². The van der Waals surface area contributed by atoms with Crippen molar-refractivity contribution in [3.8, 4) is 0 Å². The van der Waals surface area contributed by atoms with Crippen LogP contribution in [0.1, 0.15) is 24.0 Å². The average molecular weight is 276 g/mol. The van der Waals surface area contributed by atoms with Gasteiger partial charge in [0.1, 0.15) is 5.76 Å². The molecule has 2 rings (SSSR count). The summed E-state index contributed by atoms with van der Waals surface area (Å²) < 4.78 is 9.52. The second kappa shape index (κ2) is 5.36. The Balaban J connectivity index is 2.67. The first kappa shape index (κ1) is 14.1. The van der Waals surface area contributed by atoms with Gasteiger partial charge < -0.3 is 14.6 Å². The summed E-state index contributed by atoms with van der Waals surface area (Å²) in [6.07, 6.45) is 0. The number of benzene rings is 1. The summed E-state index contributed by atoms with van der Waals surface area (Å²) in [6, 6.07) is 6.92. The summed E-state index contributed by atoms with van der Waals surface area (Å²) >= 11 is 0. The highest BCUT2D eigenvalue weighted by atomic mass is 16.5. The second-order valence-electron chi connectivity index (χ2n) is 4.63. The summed E-state index contributed by atoms with van der Waals surface area (Å²) in [6.45, 7) is 1.69. The standard InChI is InChI=1S/C15H16O5/c1-8-11(14(17)19-2)9-6-4-5-7-10(9)13(16)12(8)15(18)20-3/h4-8,11,16H,1-3H3/t8-,11+/m1/s1. The Labute approximate surface area is 116 Å². The Hall–Kier alpha value is -2.30. The van der Waals surface area contributed by atoms with Crippen molar-refractivity contribution in [1.29, 1.82) is 0 Å². The topological polar surface area (TPSA) is 72.8 Å². The molecule has 0 unspecified atom stereocenters. The summed E-state index contributed by atoms with van der Waals surface area (Å²) in [5.41, 5.74) is 1.21. The van der Waals surface area contributed by atoms with Crippen molar-refractivity contribution in [2.24, 2.45) is 5.92 Å². The number of methoxy groups -OCH3 is 2. The van der Waals surface area contributed by atoms with Crippen molar-refractivity contribution in [3.05, 3.63) is 41.0 Å². The molecule has 0 fully saturated rings. The van der Waals surface area contributed by atoms with Gasteiger partial charge in [0.2, 0.25) is 0 Å². The van der Waals surface area contributed by atoms with E-state index in [1.54, 1.807) is 31.2 Å². The van der Waals surface area contributed by atoms with Gasteiger partial charge in [0, 0.05) is 11.5 Å². The molecule has 1 aromatic carbocycles. The maximum atomic E-state index is 12.0. The number of aliphatic hydroxyl groups excluding tert-OH is 1. The maximum Gasteiger partial charge on any atom is 0.337 e. The quantitative estimate of drug-likeness (QED) is 0.837. The Morgan fingerprint density at radius 1 is 1.15 bits per heavy atom. The average Bonchev–Trinajstić information content (AvgIpc) is 2.46. The zero-order valence-electron chi connectivity index (χ0n) is 11.5. The Morgan fingerprint density at radius 3 is 2.40 bits per heavy atom. The number of carbonyl (C=O) groups excluding carboxylic acids is 2. The molecule has 0 aromatic heterocycles. The third-order valence-electron chi connectivity index (χ3n) is 3.62. The predicted octanol–water partition coefficient (Wildman–Crippen LogP) is 2.04. The number of rotatable bonds is 2. The molecule has 106 valence electrons. The van der Waals surface area contributed by atoms with E-state index in [-0.39, 0.29) is 11.3 Å². The molecule has 1 aliphatic carbocycles. The Kier molecular flexibility index (Phi) is 3.79. The van der Waals surface area contributed by atoms with Crippen LogP contribution in [-0.4, -0.2) is 31.3 Å². The van der Waals surface area contributed by atoms with E-state index in [0.29, 0.717) is 11.1 Å². The van der Waals surface area contributed by atoms with E-state index >= 15 is 0 Å². The summed E-state index contributed by atoms with van der Waals surface area (Å²) in [5, 5.41) is 10.3. The molecule has 0 amide bonds. The fourth-order valence-electron chi connectivity index (χ4n) is 2.63. The van der Waals surface area contributed by atoms with Crippen molar-refractivity contribution in [1.82, 2.24) is 0 Å². The number of fused-ring (bicyclic) bond motifs is 1. The molecule has 0 radical (unpaired) electrons. The van der Waals surface area contributed by atoms with Gasteiger partial charge in [-0.3, -0.25) is 4.79 Å². The number of hydrogen-bond acceptors (Lipinski definition) is 5. The smallest absolute Gasteiger partial charge is 0.337 e. The van der Waals surface area contributed by atoms with Gasteiger partial charge >= 0.3 is 11.9 Å².